The van der Waals surface area contributed by atoms with Crippen molar-refractivity contribution < 1.29 is 14.7 Å². The number of oxime groups is 1. The lowest BCUT2D eigenvalue weighted by Gasteiger charge is -2.42. The molecular weight excluding hydrogens is 422 g/mol. The summed E-state index contributed by atoms with van der Waals surface area (Å²) in [6, 6.07) is 21.3. The van der Waals surface area contributed by atoms with Gasteiger partial charge in [0.2, 0.25) is 0 Å². The van der Waals surface area contributed by atoms with Gasteiger partial charge in [0.1, 0.15) is 12.3 Å². The Morgan fingerprint density at radius 3 is 2.03 bits per heavy atom. The first-order valence-corrected chi connectivity index (χ1v) is 11.8. The smallest absolute Gasteiger partial charge is 0.336 e. The molecule has 0 amide bonds. The summed E-state index contributed by atoms with van der Waals surface area (Å²) in [5, 5.41) is 14.4. The first kappa shape index (κ1) is 23.7. The Morgan fingerprint density at radius 1 is 0.853 bits per heavy atom. The van der Waals surface area contributed by atoms with Crippen molar-refractivity contribution in [2.45, 2.75) is 64.9 Å². The van der Waals surface area contributed by atoms with Crippen molar-refractivity contribution in [2.24, 2.45) is 5.16 Å². The molecule has 4 nitrogen and oxygen atoms in total. The van der Waals surface area contributed by atoms with Gasteiger partial charge in [0.05, 0.1) is 5.56 Å². The third kappa shape index (κ3) is 4.63. The largest absolute Gasteiger partial charge is 0.478 e. The summed E-state index contributed by atoms with van der Waals surface area (Å²) in [5.41, 5.74) is 7.06. The molecular formula is C30H33NO3. The van der Waals surface area contributed by atoms with E-state index in [1.54, 1.807) is 12.1 Å². The van der Waals surface area contributed by atoms with Crippen molar-refractivity contribution in [3.8, 4) is 0 Å². The number of rotatable bonds is 6. The van der Waals surface area contributed by atoms with Crippen LogP contribution in [0.15, 0.2) is 71.9 Å². The van der Waals surface area contributed by atoms with E-state index in [9.17, 15) is 9.90 Å². The summed E-state index contributed by atoms with van der Waals surface area (Å²) in [4.78, 5) is 17.9. The zero-order chi connectivity index (χ0) is 24.5. The highest BCUT2D eigenvalue weighted by atomic mass is 16.6. The molecule has 34 heavy (non-hydrogen) atoms. The summed E-state index contributed by atoms with van der Waals surface area (Å²) in [5.74, 6) is -0.983. The molecule has 0 saturated carbocycles. The van der Waals surface area contributed by atoms with Crippen molar-refractivity contribution in [3.05, 3.63) is 106 Å². The van der Waals surface area contributed by atoms with Gasteiger partial charge in [0.15, 0.2) is 0 Å². The molecule has 4 rings (SSSR count). The Balaban J connectivity index is 1.87. The van der Waals surface area contributed by atoms with E-state index in [0.717, 1.165) is 29.5 Å². The van der Waals surface area contributed by atoms with Gasteiger partial charge in [0, 0.05) is 11.1 Å². The first-order chi connectivity index (χ1) is 16.1. The number of hydrogen-bond acceptors (Lipinski definition) is 3. The maximum absolute atomic E-state index is 12.1. The van der Waals surface area contributed by atoms with Gasteiger partial charge in [-0.25, -0.2) is 4.79 Å². The predicted molar refractivity (Wildman–Crippen MR) is 137 cm³/mol. The molecule has 3 aromatic rings. The van der Waals surface area contributed by atoms with Crippen LogP contribution in [0.3, 0.4) is 0 Å². The van der Waals surface area contributed by atoms with Gasteiger partial charge in [-0.15, -0.1) is 0 Å². The topological polar surface area (TPSA) is 58.9 Å². The molecule has 0 saturated heterocycles. The summed E-state index contributed by atoms with van der Waals surface area (Å²) in [7, 11) is 0. The molecule has 0 bridgehead atoms. The number of carboxylic acids is 1. The molecule has 1 N–H and O–H groups in total. The van der Waals surface area contributed by atoms with E-state index in [4.69, 9.17) is 4.84 Å². The van der Waals surface area contributed by atoms with Crippen LogP contribution in [-0.2, 0) is 22.3 Å². The molecule has 0 unspecified atom stereocenters. The fourth-order valence-corrected chi connectivity index (χ4v) is 4.84. The van der Waals surface area contributed by atoms with Crippen molar-refractivity contribution in [1.82, 2.24) is 0 Å². The second-order valence-electron chi connectivity index (χ2n) is 10.5. The third-order valence-electron chi connectivity index (χ3n) is 7.10. The van der Waals surface area contributed by atoms with Crippen molar-refractivity contribution >= 4 is 11.7 Å². The Bertz CT molecular complexity index is 1240. The highest BCUT2D eigenvalue weighted by Crippen LogP contribution is 2.46. The normalized spacial score (nSPS) is 16.6. The van der Waals surface area contributed by atoms with E-state index in [1.165, 1.54) is 11.1 Å². The summed E-state index contributed by atoms with van der Waals surface area (Å²) >= 11 is 0. The van der Waals surface area contributed by atoms with Crippen molar-refractivity contribution in [2.75, 3.05) is 0 Å². The quantitative estimate of drug-likeness (QED) is 0.321. The number of carbonyl (C=O) groups is 1. The molecule has 1 aliphatic carbocycles. The molecule has 4 heteroatoms. The van der Waals surface area contributed by atoms with Crippen LogP contribution in [0.5, 0.6) is 0 Å². The van der Waals surface area contributed by atoms with Crippen LogP contribution in [-0.4, -0.2) is 16.8 Å². The molecule has 0 atom stereocenters. The highest BCUT2D eigenvalue weighted by Gasteiger charge is 2.38. The minimum Gasteiger partial charge on any atom is -0.478 e. The van der Waals surface area contributed by atoms with Gasteiger partial charge in [-0.3, -0.25) is 0 Å². The van der Waals surface area contributed by atoms with E-state index in [-0.39, 0.29) is 16.4 Å². The molecule has 3 aromatic carbocycles. The van der Waals surface area contributed by atoms with Crippen molar-refractivity contribution in [1.29, 1.82) is 0 Å². The lowest BCUT2D eigenvalue weighted by Crippen LogP contribution is -2.34. The average Bonchev–Trinajstić information content (AvgIpc) is 2.81. The SMILES string of the molecule is Cc1cc2c(cc1C(=NOCc1ccccc1)c1ccccc1C(=O)O)C(C)(C)CCC2(C)C. The second kappa shape index (κ2) is 9.09. The minimum absolute atomic E-state index is 0.0234. The zero-order valence-corrected chi connectivity index (χ0v) is 20.7. The maximum Gasteiger partial charge on any atom is 0.336 e. The average molecular weight is 456 g/mol. The standard InChI is InChI=1S/C30H33NO3/c1-20-17-25-26(30(4,5)16-15-29(25,2)3)18-24(20)27(22-13-9-10-14-23(22)28(32)33)31-34-19-21-11-7-6-8-12-21/h6-14,17-18H,15-16,19H2,1-5H3,(H,32,33). The van der Waals surface area contributed by atoms with Gasteiger partial charge >= 0.3 is 5.97 Å². The molecule has 0 aliphatic heterocycles. The molecule has 0 fully saturated rings. The number of fused-ring (bicyclic) bond motifs is 1. The maximum atomic E-state index is 12.1. The summed E-state index contributed by atoms with van der Waals surface area (Å²) in [6.45, 7) is 11.6. The Kier molecular flexibility index (Phi) is 6.35. The predicted octanol–water partition coefficient (Wildman–Crippen LogP) is 7.01. The van der Waals surface area contributed by atoms with Gasteiger partial charge in [0.25, 0.3) is 0 Å². The van der Waals surface area contributed by atoms with Crippen molar-refractivity contribution in [3.63, 3.8) is 0 Å². The highest BCUT2D eigenvalue weighted by molar-refractivity contribution is 6.17. The third-order valence-corrected chi connectivity index (χ3v) is 7.10. The second-order valence-corrected chi connectivity index (χ2v) is 10.5. The summed E-state index contributed by atoms with van der Waals surface area (Å²) < 4.78 is 0. The van der Waals surface area contributed by atoms with Gasteiger partial charge in [-0.05, 0) is 65.0 Å². The number of aromatic carboxylic acids is 1. The van der Waals surface area contributed by atoms with Crippen LogP contribution < -0.4 is 0 Å². The van der Waals surface area contributed by atoms with E-state index < -0.39 is 5.97 Å². The molecule has 0 spiro atoms. The monoisotopic (exact) mass is 455 g/mol. The van der Waals surface area contributed by atoms with Crippen LogP contribution in [0.25, 0.3) is 0 Å². The van der Waals surface area contributed by atoms with E-state index in [2.05, 4.69) is 51.9 Å². The van der Waals surface area contributed by atoms with E-state index in [0.29, 0.717) is 17.9 Å². The number of nitrogens with zero attached hydrogens (tertiary/aromatic N) is 1. The van der Waals surface area contributed by atoms with Crippen LogP contribution >= 0.6 is 0 Å². The fourth-order valence-electron chi connectivity index (χ4n) is 4.84. The van der Waals surface area contributed by atoms with Crippen LogP contribution in [0.2, 0.25) is 0 Å². The Hall–Kier alpha value is -3.40. The van der Waals surface area contributed by atoms with Gasteiger partial charge < -0.3 is 9.94 Å². The lowest BCUT2D eigenvalue weighted by atomic mass is 9.62. The Labute approximate surface area is 202 Å². The molecule has 0 aromatic heterocycles. The summed E-state index contributed by atoms with van der Waals surface area (Å²) in [6.07, 6.45) is 2.23. The molecule has 176 valence electrons. The van der Waals surface area contributed by atoms with E-state index in [1.807, 2.05) is 42.5 Å². The first-order valence-electron chi connectivity index (χ1n) is 11.8. The fraction of sp³-hybridized carbons (Fsp3) is 0.333. The van der Waals surface area contributed by atoms with Crippen LogP contribution in [0.4, 0.5) is 0 Å². The number of aryl methyl sites for hydroxylation is 1. The molecule has 0 radical (unpaired) electrons. The number of carboxylic acid groups (broad SMARTS) is 1. The number of benzene rings is 3. The zero-order valence-electron chi connectivity index (χ0n) is 20.7. The van der Waals surface area contributed by atoms with E-state index >= 15 is 0 Å². The molecule has 1 aliphatic rings. The van der Waals surface area contributed by atoms with Gasteiger partial charge in [-0.2, -0.15) is 0 Å². The van der Waals surface area contributed by atoms with Gasteiger partial charge in [-0.1, -0.05) is 87.4 Å². The Morgan fingerprint density at radius 2 is 1.41 bits per heavy atom. The minimum atomic E-state index is -0.983. The molecule has 0 heterocycles. The lowest BCUT2D eigenvalue weighted by molar-refractivity contribution is 0.0696. The van der Waals surface area contributed by atoms with Crippen LogP contribution in [0, 0.1) is 6.92 Å². The number of hydrogen-bond donors (Lipinski definition) is 1. The van der Waals surface area contributed by atoms with Crippen LogP contribution in [0.1, 0.15) is 84.3 Å².